The first kappa shape index (κ1) is 23.0. The topological polar surface area (TPSA) is 67.4 Å². The van der Waals surface area contributed by atoms with Crippen LogP contribution in [0.25, 0.3) is 0 Å². The molecule has 7 nitrogen and oxygen atoms in total. The highest BCUT2D eigenvalue weighted by Gasteiger charge is 2.25. The van der Waals surface area contributed by atoms with Gasteiger partial charge in [0.05, 0.1) is 40.0 Å². The van der Waals surface area contributed by atoms with Crippen LogP contribution in [-0.4, -0.2) is 70.5 Å². The fourth-order valence-corrected chi connectivity index (χ4v) is 3.30. The van der Waals surface area contributed by atoms with Crippen molar-refractivity contribution in [2.24, 2.45) is 4.99 Å². The number of ether oxygens (including phenoxy) is 3. The molecule has 2 fully saturated rings. The molecule has 2 N–H and O–H groups in total. The predicted molar refractivity (Wildman–Crippen MR) is 122 cm³/mol. The predicted octanol–water partition coefficient (Wildman–Crippen LogP) is 2.41. The van der Waals surface area contributed by atoms with E-state index in [9.17, 15) is 0 Å². The van der Waals surface area contributed by atoms with Gasteiger partial charge in [-0.05, 0) is 37.5 Å². The third-order valence-electron chi connectivity index (χ3n) is 4.96. The molecule has 1 aromatic rings. The summed E-state index contributed by atoms with van der Waals surface area (Å²) < 4.78 is 16.4. The van der Waals surface area contributed by atoms with E-state index < -0.39 is 0 Å². The molecule has 1 heterocycles. The molecule has 158 valence electrons. The Balaban J connectivity index is 0.00000280. The van der Waals surface area contributed by atoms with Gasteiger partial charge < -0.3 is 24.8 Å². The summed E-state index contributed by atoms with van der Waals surface area (Å²) in [5, 5.41) is 6.85. The molecule has 0 bridgehead atoms. The lowest BCUT2D eigenvalue weighted by Crippen LogP contribution is -2.42. The summed E-state index contributed by atoms with van der Waals surface area (Å²) in [6.07, 6.45) is 2.46. The minimum absolute atomic E-state index is 0. The number of nitrogens with zero attached hydrogens (tertiary/aromatic N) is 2. The second-order valence-electron chi connectivity index (χ2n) is 6.92. The van der Waals surface area contributed by atoms with Gasteiger partial charge >= 0.3 is 0 Å². The molecule has 1 saturated carbocycles. The highest BCUT2D eigenvalue weighted by molar-refractivity contribution is 14.0. The van der Waals surface area contributed by atoms with Gasteiger partial charge in [-0.3, -0.25) is 9.89 Å². The van der Waals surface area contributed by atoms with E-state index in [-0.39, 0.29) is 30.0 Å². The van der Waals surface area contributed by atoms with Crippen LogP contribution in [0.1, 0.15) is 31.4 Å². The molecule has 3 rings (SSSR count). The molecule has 1 atom stereocenters. The van der Waals surface area contributed by atoms with E-state index >= 15 is 0 Å². The van der Waals surface area contributed by atoms with Gasteiger partial charge in [-0.15, -0.1) is 24.0 Å². The van der Waals surface area contributed by atoms with E-state index in [1.54, 1.807) is 14.2 Å². The summed E-state index contributed by atoms with van der Waals surface area (Å²) in [7, 11) is 3.33. The number of hydrogen-bond acceptors (Lipinski definition) is 5. The van der Waals surface area contributed by atoms with Crippen LogP contribution in [0, 0.1) is 0 Å². The third kappa shape index (κ3) is 6.38. The Bertz CT molecular complexity index is 634. The zero-order valence-electron chi connectivity index (χ0n) is 17.1. The Labute approximate surface area is 185 Å². The lowest BCUT2D eigenvalue weighted by molar-refractivity contribution is 0.0179. The average Bonchev–Trinajstić information content (AvgIpc) is 3.53. The second-order valence-corrected chi connectivity index (χ2v) is 6.92. The maximum absolute atomic E-state index is 5.55. The Morgan fingerprint density at radius 1 is 1.21 bits per heavy atom. The standard InChI is InChI=1S/C20H32N4O3.HI/c1-4-21-20(23-16-6-7-16)22-14-17(24-9-11-27-12-10-24)15-5-8-18(25-2)19(13-15)26-3;/h5,8,13,16-17H,4,6-7,9-12,14H2,1-3H3,(H2,21,22,23);1H. The SMILES string of the molecule is CCNC(=NCC(c1ccc(OC)c(OC)c1)N1CCOCC1)NC1CC1.I. The van der Waals surface area contributed by atoms with Crippen LogP contribution >= 0.6 is 24.0 Å². The van der Waals surface area contributed by atoms with Gasteiger partial charge in [-0.1, -0.05) is 6.07 Å². The monoisotopic (exact) mass is 504 g/mol. The summed E-state index contributed by atoms with van der Waals surface area (Å²) in [6.45, 7) is 6.95. The van der Waals surface area contributed by atoms with E-state index in [0.29, 0.717) is 12.6 Å². The van der Waals surface area contributed by atoms with Crippen LogP contribution in [0.15, 0.2) is 23.2 Å². The van der Waals surface area contributed by atoms with Crippen molar-refractivity contribution in [1.29, 1.82) is 0 Å². The fourth-order valence-electron chi connectivity index (χ4n) is 3.30. The lowest BCUT2D eigenvalue weighted by Gasteiger charge is -2.34. The molecule has 0 aromatic heterocycles. The molecular formula is C20H33IN4O3. The summed E-state index contributed by atoms with van der Waals surface area (Å²) in [5.41, 5.74) is 1.18. The van der Waals surface area contributed by atoms with Crippen molar-refractivity contribution >= 4 is 29.9 Å². The van der Waals surface area contributed by atoms with Gasteiger partial charge in [0.25, 0.3) is 0 Å². The Morgan fingerprint density at radius 2 is 1.93 bits per heavy atom. The van der Waals surface area contributed by atoms with Crippen LogP contribution in [0.3, 0.4) is 0 Å². The third-order valence-corrected chi connectivity index (χ3v) is 4.96. The van der Waals surface area contributed by atoms with Crippen molar-refractivity contribution < 1.29 is 14.2 Å². The van der Waals surface area contributed by atoms with Crippen LogP contribution in [0.2, 0.25) is 0 Å². The molecule has 8 heteroatoms. The number of morpholine rings is 1. The largest absolute Gasteiger partial charge is 0.493 e. The zero-order valence-corrected chi connectivity index (χ0v) is 19.4. The highest BCUT2D eigenvalue weighted by atomic mass is 127. The molecule has 0 radical (unpaired) electrons. The van der Waals surface area contributed by atoms with E-state index in [4.69, 9.17) is 19.2 Å². The lowest BCUT2D eigenvalue weighted by atomic mass is 10.0. The summed E-state index contributed by atoms with van der Waals surface area (Å²) >= 11 is 0. The fraction of sp³-hybridized carbons (Fsp3) is 0.650. The van der Waals surface area contributed by atoms with Crippen LogP contribution < -0.4 is 20.1 Å². The number of aliphatic imine (C=N–C) groups is 1. The van der Waals surface area contributed by atoms with Crippen LogP contribution in [-0.2, 0) is 4.74 Å². The Hall–Kier alpha value is -1.26. The van der Waals surface area contributed by atoms with Gasteiger partial charge in [0.1, 0.15) is 0 Å². The first-order chi connectivity index (χ1) is 13.2. The molecular weight excluding hydrogens is 471 g/mol. The molecule has 0 amide bonds. The normalized spacial score (nSPS) is 18.8. The van der Waals surface area contributed by atoms with E-state index in [1.165, 1.54) is 18.4 Å². The molecule has 1 aromatic carbocycles. The number of rotatable bonds is 8. The Kier molecular flexibility index (Phi) is 9.60. The Morgan fingerprint density at radius 3 is 2.54 bits per heavy atom. The van der Waals surface area contributed by atoms with E-state index in [0.717, 1.165) is 50.3 Å². The number of methoxy groups -OCH3 is 2. The quantitative estimate of drug-likeness (QED) is 0.322. The minimum atomic E-state index is 0. The summed E-state index contributed by atoms with van der Waals surface area (Å²) in [5.74, 6) is 2.40. The summed E-state index contributed by atoms with van der Waals surface area (Å²) in [4.78, 5) is 7.32. The number of benzene rings is 1. The summed E-state index contributed by atoms with van der Waals surface area (Å²) in [6, 6.07) is 6.89. The van der Waals surface area contributed by atoms with Gasteiger partial charge in [-0.25, -0.2) is 0 Å². The van der Waals surface area contributed by atoms with E-state index in [1.807, 2.05) is 6.07 Å². The van der Waals surface area contributed by atoms with Gasteiger partial charge in [0.2, 0.25) is 0 Å². The molecule has 1 saturated heterocycles. The van der Waals surface area contributed by atoms with Gasteiger partial charge in [0, 0.05) is 25.7 Å². The molecule has 0 spiro atoms. The zero-order chi connectivity index (χ0) is 19.1. The van der Waals surface area contributed by atoms with Crippen LogP contribution in [0.4, 0.5) is 0 Å². The first-order valence-corrected chi connectivity index (χ1v) is 9.83. The van der Waals surface area contributed by atoms with Crippen molar-refractivity contribution in [3.63, 3.8) is 0 Å². The van der Waals surface area contributed by atoms with Crippen molar-refractivity contribution in [3.8, 4) is 11.5 Å². The molecule has 1 aliphatic heterocycles. The number of halogens is 1. The second kappa shape index (κ2) is 11.7. The molecule has 2 aliphatic rings. The first-order valence-electron chi connectivity index (χ1n) is 9.83. The number of guanidine groups is 1. The van der Waals surface area contributed by atoms with E-state index in [2.05, 4.69) is 34.6 Å². The van der Waals surface area contributed by atoms with Crippen molar-refractivity contribution in [1.82, 2.24) is 15.5 Å². The molecule has 1 aliphatic carbocycles. The van der Waals surface area contributed by atoms with Crippen molar-refractivity contribution in [2.75, 3.05) is 53.6 Å². The minimum Gasteiger partial charge on any atom is -0.493 e. The van der Waals surface area contributed by atoms with Crippen molar-refractivity contribution in [2.45, 2.75) is 31.8 Å². The number of nitrogens with one attached hydrogen (secondary N) is 2. The average molecular weight is 504 g/mol. The van der Waals surface area contributed by atoms with Crippen LogP contribution in [0.5, 0.6) is 11.5 Å². The maximum atomic E-state index is 5.55. The van der Waals surface area contributed by atoms with Gasteiger partial charge in [0.15, 0.2) is 17.5 Å². The smallest absolute Gasteiger partial charge is 0.191 e. The van der Waals surface area contributed by atoms with Crippen molar-refractivity contribution in [3.05, 3.63) is 23.8 Å². The highest BCUT2D eigenvalue weighted by Crippen LogP contribution is 2.32. The number of hydrogen-bond donors (Lipinski definition) is 2. The maximum Gasteiger partial charge on any atom is 0.191 e. The van der Waals surface area contributed by atoms with Gasteiger partial charge in [-0.2, -0.15) is 0 Å². The molecule has 1 unspecified atom stereocenters. The molecule has 28 heavy (non-hydrogen) atoms.